The number of aromatic nitrogens is 2. The molecular formula is C21H19N3O2. The topological polar surface area (TPSA) is 49.7 Å². The molecule has 0 unspecified atom stereocenters. The van der Waals surface area contributed by atoms with Crippen LogP contribution in [-0.4, -0.2) is 35.7 Å². The standard InChI is InChI=1S/C21H19N3O2/c25-21-20-12-16(15-4-2-1-3-5-15)14-24(20)19-13-17(6-7-18(19)22-21)23-8-10-26-11-9-23/h1-7,12-14H,8-11H2,(H,22,25). The van der Waals surface area contributed by atoms with Crippen LogP contribution in [0.25, 0.3) is 27.7 Å². The summed E-state index contributed by atoms with van der Waals surface area (Å²) in [6.07, 6.45) is 2.05. The molecule has 0 aliphatic carbocycles. The first-order chi connectivity index (χ1) is 12.8. The van der Waals surface area contributed by atoms with Crippen molar-refractivity contribution in [2.75, 3.05) is 31.2 Å². The van der Waals surface area contributed by atoms with E-state index in [-0.39, 0.29) is 5.56 Å². The van der Waals surface area contributed by atoms with Gasteiger partial charge in [-0.3, -0.25) is 4.79 Å². The molecule has 1 fully saturated rings. The van der Waals surface area contributed by atoms with Crippen molar-refractivity contribution in [1.82, 2.24) is 9.38 Å². The summed E-state index contributed by atoms with van der Waals surface area (Å²) in [5.41, 5.74) is 5.74. The van der Waals surface area contributed by atoms with Crippen LogP contribution in [0.5, 0.6) is 0 Å². The molecule has 26 heavy (non-hydrogen) atoms. The van der Waals surface area contributed by atoms with Gasteiger partial charge in [0.1, 0.15) is 5.52 Å². The number of rotatable bonds is 2. The summed E-state index contributed by atoms with van der Waals surface area (Å²) in [5, 5.41) is 0. The van der Waals surface area contributed by atoms with E-state index < -0.39 is 0 Å². The van der Waals surface area contributed by atoms with E-state index in [2.05, 4.69) is 34.1 Å². The zero-order valence-electron chi connectivity index (χ0n) is 14.3. The fourth-order valence-corrected chi connectivity index (χ4v) is 3.66. The van der Waals surface area contributed by atoms with Gasteiger partial charge in [0.05, 0.1) is 24.2 Å². The SMILES string of the molecule is O=c1[nH]c2ccc(N3CCOCC3)cc2n2cc(-c3ccccc3)cc12. The van der Waals surface area contributed by atoms with Crippen LogP contribution in [0.3, 0.4) is 0 Å². The molecule has 2 aromatic heterocycles. The largest absolute Gasteiger partial charge is 0.378 e. The third kappa shape index (κ3) is 2.48. The molecule has 1 aliphatic rings. The van der Waals surface area contributed by atoms with Crippen molar-refractivity contribution in [3.8, 4) is 11.1 Å². The maximum atomic E-state index is 12.5. The summed E-state index contributed by atoms with van der Waals surface area (Å²) < 4.78 is 7.45. The quantitative estimate of drug-likeness (QED) is 0.606. The third-order valence-corrected chi connectivity index (χ3v) is 5.02. The highest BCUT2D eigenvalue weighted by Gasteiger charge is 2.14. The number of nitrogens with one attached hydrogen (secondary N) is 1. The number of nitrogens with zero attached hydrogens (tertiary/aromatic N) is 2. The molecule has 0 bridgehead atoms. The van der Waals surface area contributed by atoms with Crippen molar-refractivity contribution in [2.45, 2.75) is 0 Å². The highest BCUT2D eigenvalue weighted by molar-refractivity contribution is 5.84. The minimum Gasteiger partial charge on any atom is -0.378 e. The van der Waals surface area contributed by atoms with E-state index in [0.29, 0.717) is 5.52 Å². The summed E-state index contributed by atoms with van der Waals surface area (Å²) in [4.78, 5) is 17.8. The molecule has 3 heterocycles. The third-order valence-electron chi connectivity index (χ3n) is 5.02. The summed E-state index contributed by atoms with van der Waals surface area (Å²) in [7, 11) is 0. The van der Waals surface area contributed by atoms with Crippen LogP contribution in [0.2, 0.25) is 0 Å². The summed E-state index contributed by atoms with van der Waals surface area (Å²) in [6, 6.07) is 18.3. The molecule has 2 aromatic carbocycles. The van der Waals surface area contributed by atoms with Gasteiger partial charge >= 0.3 is 0 Å². The van der Waals surface area contributed by atoms with Crippen LogP contribution in [0.15, 0.2) is 65.6 Å². The van der Waals surface area contributed by atoms with Crippen LogP contribution in [-0.2, 0) is 4.74 Å². The Morgan fingerprint density at radius 3 is 2.50 bits per heavy atom. The highest BCUT2D eigenvalue weighted by atomic mass is 16.5. The van der Waals surface area contributed by atoms with E-state index in [1.165, 1.54) is 0 Å². The van der Waals surface area contributed by atoms with Gasteiger partial charge in [0, 0.05) is 30.5 Å². The predicted molar refractivity (Wildman–Crippen MR) is 104 cm³/mol. The van der Waals surface area contributed by atoms with Gasteiger partial charge in [0.2, 0.25) is 0 Å². The normalized spacial score (nSPS) is 15.0. The smallest absolute Gasteiger partial charge is 0.272 e. The van der Waals surface area contributed by atoms with E-state index in [0.717, 1.165) is 54.2 Å². The fraction of sp³-hybridized carbons (Fsp3) is 0.190. The first-order valence-electron chi connectivity index (χ1n) is 8.86. The second kappa shape index (κ2) is 6.04. The van der Waals surface area contributed by atoms with Gasteiger partial charge in [-0.15, -0.1) is 0 Å². The van der Waals surface area contributed by atoms with Gasteiger partial charge in [-0.05, 0) is 29.8 Å². The molecule has 5 rings (SSSR count). The molecule has 0 radical (unpaired) electrons. The zero-order chi connectivity index (χ0) is 17.5. The monoisotopic (exact) mass is 345 g/mol. The average Bonchev–Trinajstić information content (AvgIpc) is 3.16. The van der Waals surface area contributed by atoms with Crippen molar-refractivity contribution in [2.24, 2.45) is 0 Å². The fourth-order valence-electron chi connectivity index (χ4n) is 3.66. The van der Waals surface area contributed by atoms with Crippen LogP contribution < -0.4 is 10.5 Å². The van der Waals surface area contributed by atoms with E-state index >= 15 is 0 Å². The predicted octanol–water partition coefficient (Wildman–Crippen LogP) is 3.28. The average molecular weight is 345 g/mol. The van der Waals surface area contributed by atoms with Gasteiger partial charge < -0.3 is 19.0 Å². The van der Waals surface area contributed by atoms with Crippen molar-refractivity contribution < 1.29 is 4.74 Å². The molecule has 0 saturated carbocycles. The summed E-state index contributed by atoms with van der Waals surface area (Å²) >= 11 is 0. The molecule has 0 spiro atoms. The Bertz CT molecular complexity index is 1140. The number of benzene rings is 2. The molecule has 1 N–H and O–H groups in total. The van der Waals surface area contributed by atoms with E-state index in [1.807, 2.05) is 40.9 Å². The number of fused-ring (bicyclic) bond motifs is 3. The lowest BCUT2D eigenvalue weighted by Gasteiger charge is -2.29. The lowest BCUT2D eigenvalue weighted by atomic mass is 10.1. The van der Waals surface area contributed by atoms with Gasteiger partial charge in [-0.25, -0.2) is 0 Å². The van der Waals surface area contributed by atoms with Gasteiger partial charge in [0.25, 0.3) is 5.56 Å². The number of hydrogen-bond donors (Lipinski definition) is 1. The molecule has 0 atom stereocenters. The number of aromatic amines is 1. The number of ether oxygens (including phenoxy) is 1. The molecule has 5 nitrogen and oxygen atoms in total. The van der Waals surface area contributed by atoms with Crippen molar-refractivity contribution in [1.29, 1.82) is 0 Å². The molecular weight excluding hydrogens is 326 g/mol. The Labute approximate surface area is 150 Å². The second-order valence-electron chi connectivity index (χ2n) is 6.61. The molecule has 1 saturated heterocycles. The first-order valence-corrected chi connectivity index (χ1v) is 8.86. The Hall–Kier alpha value is -3.05. The van der Waals surface area contributed by atoms with E-state index in [9.17, 15) is 4.79 Å². The summed E-state index contributed by atoms with van der Waals surface area (Å²) in [5.74, 6) is 0. The van der Waals surface area contributed by atoms with Crippen LogP contribution in [0, 0.1) is 0 Å². The van der Waals surface area contributed by atoms with Gasteiger partial charge in [-0.2, -0.15) is 0 Å². The minimum atomic E-state index is -0.0706. The molecule has 130 valence electrons. The lowest BCUT2D eigenvalue weighted by molar-refractivity contribution is 0.122. The van der Waals surface area contributed by atoms with Crippen LogP contribution in [0.1, 0.15) is 0 Å². The maximum absolute atomic E-state index is 12.5. The van der Waals surface area contributed by atoms with Crippen molar-refractivity contribution >= 4 is 22.2 Å². The Balaban J connectivity index is 1.71. The molecule has 0 amide bonds. The number of H-pyrrole nitrogens is 1. The van der Waals surface area contributed by atoms with Crippen LogP contribution in [0.4, 0.5) is 5.69 Å². The highest BCUT2D eigenvalue weighted by Crippen LogP contribution is 2.26. The molecule has 1 aliphatic heterocycles. The van der Waals surface area contributed by atoms with E-state index in [1.54, 1.807) is 0 Å². The second-order valence-corrected chi connectivity index (χ2v) is 6.61. The summed E-state index contributed by atoms with van der Waals surface area (Å²) in [6.45, 7) is 3.28. The Morgan fingerprint density at radius 2 is 1.69 bits per heavy atom. The first kappa shape index (κ1) is 15.2. The number of morpholine rings is 1. The minimum absolute atomic E-state index is 0.0706. The molecule has 4 aromatic rings. The van der Waals surface area contributed by atoms with Crippen molar-refractivity contribution in [3.05, 3.63) is 71.1 Å². The Morgan fingerprint density at radius 1 is 0.885 bits per heavy atom. The zero-order valence-corrected chi connectivity index (χ0v) is 14.3. The van der Waals surface area contributed by atoms with Gasteiger partial charge in [0.15, 0.2) is 0 Å². The maximum Gasteiger partial charge on any atom is 0.272 e. The Kier molecular flexibility index (Phi) is 3.53. The number of hydrogen-bond acceptors (Lipinski definition) is 3. The van der Waals surface area contributed by atoms with E-state index in [4.69, 9.17) is 4.74 Å². The van der Waals surface area contributed by atoms with Gasteiger partial charge in [-0.1, -0.05) is 30.3 Å². The molecule has 5 heteroatoms. The van der Waals surface area contributed by atoms with Crippen molar-refractivity contribution in [3.63, 3.8) is 0 Å². The number of anilines is 1. The lowest BCUT2D eigenvalue weighted by Crippen LogP contribution is -2.36. The van der Waals surface area contributed by atoms with Crippen LogP contribution >= 0.6 is 0 Å².